The molecule has 138 valence electrons. The Morgan fingerprint density at radius 2 is 1.96 bits per heavy atom. The van der Waals surface area contributed by atoms with Crippen molar-refractivity contribution in [1.29, 1.82) is 0 Å². The van der Waals surface area contributed by atoms with Crippen LogP contribution in [0, 0.1) is 13.8 Å². The fourth-order valence-corrected chi connectivity index (χ4v) is 4.08. The first kappa shape index (κ1) is 17.9. The van der Waals surface area contributed by atoms with Gasteiger partial charge in [0.1, 0.15) is 11.5 Å². The molecule has 2 atom stereocenters. The minimum absolute atomic E-state index is 0.0112. The van der Waals surface area contributed by atoms with Crippen LogP contribution in [0.1, 0.15) is 41.1 Å². The van der Waals surface area contributed by atoms with Crippen molar-refractivity contribution in [2.75, 3.05) is 26.7 Å². The summed E-state index contributed by atoms with van der Waals surface area (Å²) in [6.45, 7) is 5.48. The largest absolute Gasteiger partial charge is 0.466 e. The zero-order chi connectivity index (χ0) is 18.1. The number of hydrogen-bond donors (Lipinski definition) is 2. The van der Waals surface area contributed by atoms with Gasteiger partial charge < -0.3 is 19.7 Å². The normalized spacial score (nSPS) is 25.4. The molecule has 0 aromatic carbocycles. The molecule has 2 aliphatic heterocycles. The second-order valence-corrected chi connectivity index (χ2v) is 7.07. The molecule has 0 unspecified atom stereocenters. The Hall–Kier alpha value is -1.86. The minimum atomic E-state index is -0.460. The SMILES string of the molecule is CNC(=O)[C@@H]1C[C@@H](O)CN1C1CCN(C(=O)c2cc(C)oc2C)CC1. The third-order valence-electron chi connectivity index (χ3n) is 5.36. The third-order valence-corrected chi connectivity index (χ3v) is 5.36. The van der Waals surface area contributed by atoms with Gasteiger partial charge in [0.15, 0.2) is 0 Å². The Bertz CT molecular complexity index is 649. The number of amides is 2. The summed E-state index contributed by atoms with van der Waals surface area (Å²) in [4.78, 5) is 28.7. The lowest BCUT2D eigenvalue weighted by Crippen LogP contribution is -2.51. The molecular weight excluding hydrogens is 322 g/mol. The predicted molar refractivity (Wildman–Crippen MR) is 92.3 cm³/mol. The first-order valence-electron chi connectivity index (χ1n) is 8.92. The molecule has 2 N–H and O–H groups in total. The number of nitrogens with zero attached hydrogens (tertiary/aromatic N) is 2. The molecule has 2 amide bonds. The lowest BCUT2D eigenvalue weighted by atomic mass is 10.0. The number of carbonyl (C=O) groups excluding carboxylic acids is 2. The Labute approximate surface area is 148 Å². The number of aryl methyl sites for hydroxylation is 2. The van der Waals surface area contributed by atoms with Crippen LogP contribution >= 0.6 is 0 Å². The van der Waals surface area contributed by atoms with E-state index in [1.165, 1.54) is 0 Å². The van der Waals surface area contributed by atoms with Crippen LogP contribution < -0.4 is 5.32 Å². The van der Waals surface area contributed by atoms with Crippen LogP contribution in [0.5, 0.6) is 0 Å². The molecule has 3 heterocycles. The maximum absolute atomic E-state index is 12.7. The molecule has 0 aliphatic carbocycles. The highest BCUT2D eigenvalue weighted by atomic mass is 16.3. The molecule has 1 aromatic rings. The lowest BCUT2D eigenvalue weighted by Gasteiger charge is -2.38. The van der Waals surface area contributed by atoms with Gasteiger partial charge in [-0.15, -0.1) is 0 Å². The number of aliphatic hydroxyl groups is 1. The van der Waals surface area contributed by atoms with Crippen LogP contribution in [0.3, 0.4) is 0 Å². The summed E-state index contributed by atoms with van der Waals surface area (Å²) in [5.41, 5.74) is 0.635. The molecule has 2 fully saturated rings. The number of likely N-dealkylation sites (tertiary alicyclic amines) is 2. The highest BCUT2D eigenvalue weighted by Gasteiger charge is 2.40. The first-order valence-corrected chi connectivity index (χ1v) is 8.92. The average molecular weight is 349 g/mol. The number of hydrogen-bond acceptors (Lipinski definition) is 5. The van der Waals surface area contributed by atoms with E-state index in [1.54, 1.807) is 13.1 Å². The zero-order valence-corrected chi connectivity index (χ0v) is 15.1. The third kappa shape index (κ3) is 3.57. The van der Waals surface area contributed by atoms with Crippen molar-refractivity contribution in [3.05, 3.63) is 23.2 Å². The van der Waals surface area contributed by atoms with Gasteiger partial charge in [-0.25, -0.2) is 0 Å². The fraction of sp³-hybridized carbons (Fsp3) is 0.667. The van der Waals surface area contributed by atoms with Gasteiger partial charge in [0.2, 0.25) is 5.91 Å². The molecule has 0 spiro atoms. The predicted octanol–water partition coefficient (Wildman–Crippen LogP) is 0.682. The van der Waals surface area contributed by atoms with Gasteiger partial charge in [-0.2, -0.15) is 0 Å². The van der Waals surface area contributed by atoms with Gasteiger partial charge in [0, 0.05) is 32.7 Å². The summed E-state index contributed by atoms with van der Waals surface area (Å²) < 4.78 is 5.47. The zero-order valence-electron chi connectivity index (χ0n) is 15.1. The number of likely N-dealkylation sites (N-methyl/N-ethyl adjacent to an activating group) is 1. The van der Waals surface area contributed by atoms with Crippen LogP contribution in [0.4, 0.5) is 0 Å². The van der Waals surface area contributed by atoms with Gasteiger partial charge in [-0.1, -0.05) is 0 Å². The number of carbonyl (C=O) groups is 2. The second-order valence-electron chi connectivity index (χ2n) is 7.07. The maximum atomic E-state index is 12.7. The van der Waals surface area contributed by atoms with Gasteiger partial charge in [0.25, 0.3) is 5.91 Å². The molecule has 2 aliphatic rings. The lowest BCUT2D eigenvalue weighted by molar-refractivity contribution is -0.126. The highest BCUT2D eigenvalue weighted by Crippen LogP contribution is 2.27. The van der Waals surface area contributed by atoms with Gasteiger partial charge >= 0.3 is 0 Å². The van der Waals surface area contributed by atoms with Gasteiger partial charge in [0.05, 0.1) is 17.7 Å². The van der Waals surface area contributed by atoms with E-state index < -0.39 is 6.10 Å². The first-order chi connectivity index (χ1) is 11.9. The molecule has 1 aromatic heterocycles. The maximum Gasteiger partial charge on any atom is 0.257 e. The average Bonchev–Trinajstić information content (AvgIpc) is 3.15. The van der Waals surface area contributed by atoms with E-state index in [0.29, 0.717) is 37.4 Å². The van der Waals surface area contributed by atoms with Crippen LogP contribution in [-0.4, -0.2) is 71.6 Å². The van der Waals surface area contributed by atoms with E-state index in [2.05, 4.69) is 10.2 Å². The Kier molecular flexibility index (Phi) is 5.15. The quantitative estimate of drug-likeness (QED) is 0.838. The number of piperidine rings is 1. The van der Waals surface area contributed by atoms with Crippen molar-refractivity contribution in [2.45, 2.75) is 51.3 Å². The molecule has 7 nitrogen and oxygen atoms in total. The standard InChI is InChI=1S/C18H27N3O4/c1-11-8-15(12(2)25-11)18(24)20-6-4-13(5-7-20)21-10-14(22)9-16(21)17(23)19-3/h8,13-14,16,22H,4-7,9-10H2,1-3H3,(H,19,23)/t14-,16+/m1/s1. The van der Waals surface area contributed by atoms with Crippen LogP contribution in [0.15, 0.2) is 10.5 Å². The summed E-state index contributed by atoms with van der Waals surface area (Å²) >= 11 is 0. The molecular formula is C18H27N3O4. The van der Waals surface area contributed by atoms with E-state index in [1.807, 2.05) is 18.7 Å². The van der Waals surface area contributed by atoms with Crippen molar-refractivity contribution >= 4 is 11.8 Å². The van der Waals surface area contributed by atoms with E-state index in [4.69, 9.17) is 4.42 Å². The number of nitrogens with one attached hydrogen (secondary N) is 1. The Morgan fingerprint density at radius 1 is 1.28 bits per heavy atom. The molecule has 3 rings (SSSR count). The molecule has 25 heavy (non-hydrogen) atoms. The van der Waals surface area contributed by atoms with Gasteiger partial charge in [-0.05, 0) is 39.2 Å². The molecule has 0 radical (unpaired) electrons. The van der Waals surface area contributed by atoms with Crippen molar-refractivity contribution in [3.8, 4) is 0 Å². The summed E-state index contributed by atoms with van der Waals surface area (Å²) in [5.74, 6) is 1.37. The van der Waals surface area contributed by atoms with E-state index in [9.17, 15) is 14.7 Å². The number of rotatable bonds is 3. The van der Waals surface area contributed by atoms with E-state index >= 15 is 0 Å². The van der Waals surface area contributed by atoms with Crippen molar-refractivity contribution in [3.63, 3.8) is 0 Å². The topological polar surface area (TPSA) is 86.0 Å². The van der Waals surface area contributed by atoms with Crippen LogP contribution in [0.2, 0.25) is 0 Å². The van der Waals surface area contributed by atoms with Crippen molar-refractivity contribution < 1.29 is 19.1 Å². The number of β-amino-alcohol motifs (C(OH)–C–C–N with tert-alkyl or cyclic N) is 1. The van der Waals surface area contributed by atoms with Crippen LogP contribution in [-0.2, 0) is 4.79 Å². The molecule has 0 saturated carbocycles. The van der Waals surface area contributed by atoms with E-state index in [0.717, 1.165) is 18.6 Å². The second kappa shape index (κ2) is 7.17. The van der Waals surface area contributed by atoms with Crippen LogP contribution in [0.25, 0.3) is 0 Å². The van der Waals surface area contributed by atoms with Crippen molar-refractivity contribution in [1.82, 2.24) is 15.1 Å². The summed E-state index contributed by atoms with van der Waals surface area (Å²) in [7, 11) is 1.63. The Morgan fingerprint density at radius 3 is 2.52 bits per heavy atom. The fourth-order valence-electron chi connectivity index (χ4n) is 4.08. The number of furan rings is 1. The van der Waals surface area contributed by atoms with Gasteiger partial charge in [-0.3, -0.25) is 14.5 Å². The van der Waals surface area contributed by atoms with Crippen molar-refractivity contribution in [2.24, 2.45) is 0 Å². The Balaban J connectivity index is 1.62. The number of aliphatic hydroxyl groups excluding tert-OH is 1. The highest BCUT2D eigenvalue weighted by molar-refractivity contribution is 5.95. The molecule has 7 heteroatoms. The monoisotopic (exact) mass is 349 g/mol. The molecule has 0 bridgehead atoms. The minimum Gasteiger partial charge on any atom is -0.466 e. The summed E-state index contributed by atoms with van der Waals surface area (Å²) in [6, 6.07) is 1.74. The summed E-state index contributed by atoms with van der Waals surface area (Å²) in [6.07, 6.45) is 1.63. The summed E-state index contributed by atoms with van der Waals surface area (Å²) in [5, 5.41) is 12.7. The van der Waals surface area contributed by atoms with E-state index in [-0.39, 0.29) is 23.9 Å². The molecule has 2 saturated heterocycles. The smallest absolute Gasteiger partial charge is 0.257 e.